The first kappa shape index (κ1) is 28.4. The molecule has 1 rings (SSSR count). The lowest BCUT2D eigenvalue weighted by molar-refractivity contribution is -0.141. The molecule has 0 aliphatic rings. The quantitative estimate of drug-likeness (QED) is 0.171. The molecule has 3 atom stereocenters. The van der Waals surface area contributed by atoms with Crippen molar-refractivity contribution in [2.45, 2.75) is 57.7 Å². The van der Waals surface area contributed by atoms with Crippen LogP contribution in [0.2, 0.25) is 0 Å². The van der Waals surface area contributed by atoms with Gasteiger partial charge in [-0.15, -0.1) is 0 Å². The lowest BCUT2D eigenvalue weighted by Crippen LogP contribution is -2.54. The molecule has 12 heteroatoms. The van der Waals surface area contributed by atoms with E-state index < -0.39 is 54.3 Å². The van der Waals surface area contributed by atoms with Crippen molar-refractivity contribution in [1.29, 1.82) is 0 Å². The van der Waals surface area contributed by atoms with Crippen LogP contribution in [0.3, 0.4) is 0 Å². The molecule has 0 bridgehead atoms. The molecule has 9 N–H and O–H groups in total. The van der Waals surface area contributed by atoms with E-state index in [1.54, 1.807) is 0 Å². The molecule has 1 aromatic carbocycles. The Morgan fingerprint density at radius 3 is 2.12 bits per heavy atom. The van der Waals surface area contributed by atoms with Crippen LogP contribution in [0.4, 0.5) is 0 Å². The third-order valence-electron chi connectivity index (χ3n) is 4.81. The van der Waals surface area contributed by atoms with E-state index in [2.05, 4.69) is 16.0 Å². The van der Waals surface area contributed by atoms with Gasteiger partial charge in [-0.25, -0.2) is 4.79 Å². The van der Waals surface area contributed by atoms with Gasteiger partial charge in [0.05, 0.1) is 12.6 Å². The van der Waals surface area contributed by atoms with Gasteiger partial charge in [0.1, 0.15) is 17.8 Å². The normalized spacial score (nSPS) is 13.4. The molecule has 3 unspecified atom stereocenters. The topological polar surface area (TPSA) is 214 Å². The molecular weight excluding hydrogens is 446 g/mol. The minimum absolute atomic E-state index is 0.0217. The van der Waals surface area contributed by atoms with Gasteiger partial charge in [-0.1, -0.05) is 26.0 Å². The first-order valence-corrected chi connectivity index (χ1v) is 10.8. The number of rotatable bonds is 14. The van der Waals surface area contributed by atoms with Crippen LogP contribution >= 0.6 is 0 Å². The summed E-state index contributed by atoms with van der Waals surface area (Å²) in [5.74, 6) is -3.81. The number of hydrogen-bond acceptors (Lipinski definition) is 7. The van der Waals surface area contributed by atoms with Crippen molar-refractivity contribution in [3.05, 3.63) is 29.8 Å². The lowest BCUT2D eigenvalue weighted by Gasteiger charge is -2.22. The number of phenolic OH excluding ortho intramolecular Hbond substituents is 1. The maximum absolute atomic E-state index is 12.6. The molecule has 188 valence electrons. The number of aromatic hydroxyl groups is 1. The number of carbonyl (C=O) groups is 5. The number of nitrogens with two attached hydrogens (primary N) is 2. The highest BCUT2D eigenvalue weighted by molar-refractivity contribution is 5.92. The molecule has 0 aliphatic carbocycles. The Labute approximate surface area is 197 Å². The highest BCUT2D eigenvalue weighted by Crippen LogP contribution is 2.11. The minimum Gasteiger partial charge on any atom is -0.508 e. The van der Waals surface area contributed by atoms with Gasteiger partial charge in [-0.3, -0.25) is 19.2 Å². The lowest BCUT2D eigenvalue weighted by atomic mass is 10.0. The van der Waals surface area contributed by atoms with Crippen LogP contribution < -0.4 is 27.4 Å². The fourth-order valence-corrected chi connectivity index (χ4v) is 3.01. The van der Waals surface area contributed by atoms with E-state index in [1.807, 2.05) is 13.8 Å². The van der Waals surface area contributed by atoms with E-state index in [4.69, 9.17) is 11.5 Å². The van der Waals surface area contributed by atoms with Gasteiger partial charge in [-0.2, -0.15) is 0 Å². The standard InChI is InChI=1S/C22H33N5O7/c1-12(2)9-16(27-20(31)15(23)7-8-18(24)29)21(32)25-11-19(30)26-17(22(33)34)10-13-3-5-14(28)6-4-13/h3-6,12,15-17,28H,7-11,23H2,1-2H3,(H2,24,29)(H,25,32)(H,26,30)(H,27,31)(H,33,34). The van der Waals surface area contributed by atoms with Crippen LogP contribution in [0.15, 0.2) is 24.3 Å². The highest BCUT2D eigenvalue weighted by Gasteiger charge is 2.26. The third kappa shape index (κ3) is 10.8. The van der Waals surface area contributed by atoms with Crippen LogP contribution in [-0.4, -0.2) is 64.5 Å². The first-order valence-electron chi connectivity index (χ1n) is 10.8. The predicted octanol–water partition coefficient (Wildman–Crippen LogP) is -1.26. The number of hydrogen-bond donors (Lipinski definition) is 7. The number of carboxylic acid groups (broad SMARTS) is 1. The second-order valence-electron chi connectivity index (χ2n) is 8.35. The Balaban J connectivity index is 2.67. The van der Waals surface area contributed by atoms with Crippen molar-refractivity contribution in [2.24, 2.45) is 17.4 Å². The van der Waals surface area contributed by atoms with Crippen molar-refractivity contribution in [3.8, 4) is 5.75 Å². The van der Waals surface area contributed by atoms with Crippen molar-refractivity contribution < 1.29 is 34.2 Å². The zero-order valence-electron chi connectivity index (χ0n) is 19.2. The Hall–Kier alpha value is -3.67. The van der Waals surface area contributed by atoms with Crippen molar-refractivity contribution >= 4 is 29.6 Å². The monoisotopic (exact) mass is 479 g/mol. The zero-order chi connectivity index (χ0) is 25.8. The Morgan fingerprint density at radius 2 is 1.59 bits per heavy atom. The summed E-state index contributed by atoms with van der Waals surface area (Å²) in [6, 6.07) is 2.61. The molecule has 0 saturated carbocycles. The number of carboxylic acids is 1. The highest BCUT2D eigenvalue weighted by atomic mass is 16.4. The predicted molar refractivity (Wildman–Crippen MR) is 122 cm³/mol. The number of aliphatic carboxylic acids is 1. The molecule has 1 aromatic rings. The van der Waals surface area contributed by atoms with E-state index in [0.717, 1.165) is 0 Å². The maximum Gasteiger partial charge on any atom is 0.326 e. The molecule has 0 fully saturated rings. The minimum atomic E-state index is -1.26. The molecule has 4 amide bonds. The van der Waals surface area contributed by atoms with Crippen molar-refractivity contribution in [2.75, 3.05) is 6.54 Å². The van der Waals surface area contributed by atoms with E-state index in [0.29, 0.717) is 5.56 Å². The van der Waals surface area contributed by atoms with Gasteiger partial charge in [0, 0.05) is 12.8 Å². The fraction of sp³-hybridized carbons (Fsp3) is 0.500. The number of primary amides is 1. The second kappa shape index (κ2) is 13.8. The smallest absolute Gasteiger partial charge is 0.326 e. The molecule has 0 aromatic heterocycles. The maximum atomic E-state index is 12.6. The van der Waals surface area contributed by atoms with Crippen molar-refractivity contribution in [3.63, 3.8) is 0 Å². The largest absolute Gasteiger partial charge is 0.508 e. The fourth-order valence-electron chi connectivity index (χ4n) is 3.01. The number of amides is 4. The molecule has 34 heavy (non-hydrogen) atoms. The summed E-state index contributed by atoms with van der Waals surface area (Å²) in [4.78, 5) is 59.5. The number of phenols is 1. The summed E-state index contributed by atoms with van der Waals surface area (Å²) in [6.07, 6.45) is 0.187. The summed E-state index contributed by atoms with van der Waals surface area (Å²) in [7, 11) is 0. The van der Waals surface area contributed by atoms with Gasteiger partial charge in [0.15, 0.2) is 0 Å². The van der Waals surface area contributed by atoms with Crippen LogP contribution in [0.5, 0.6) is 5.75 Å². The summed E-state index contributed by atoms with van der Waals surface area (Å²) >= 11 is 0. The number of nitrogens with one attached hydrogen (secondary N) is 3. The van der Waals surface area contributed by atoms with Crippen LogP contribution in [0.1, 0.15) is 38.7 Å². The van der Waals surface area contributed by atoms with Gasteiger partial charge in [0.25, 0.3) is 0 Å². The average Bonchev–Trinajstić information content (AvgIpc) is 2.75. The van der Waals surface area contributed by atoms with Gasteiger partial charge in [-0.05, 0) is 36.5 Å². The molecule has 0 spiro atoms. The molecule has 0 aliphatic heterocycles. The van der Waals surface area contributed by atoms with Gasteiger partial charge < -0.3 is 37.6 Å². The second-order valence-corrected chi connectivity index (χ2v) is 8.35. The van der Waals surface area contributed by atoms with Crippen molar-refractivity contribution in [1.82, 2.24) is 16.0 Å². The van der Waals surface area contributed by atoms with E-state index >= 15 is 0 Å². The molecule has 0 heterocycles. The Morgan fingerprint density at radius 1 is 0.971 bits per heavy atom. The Kier molecular flexibility index (Phi) is 11.5. The Bertz CT molecular complexity index is 873. The van der Waals surface area contributed by atoms with E-state index in [1.165, 1.54) is 24.3 Å². The van der Waals surface area contributed by atoms with Gasteiger partial charge >= 0.3 is 5.97 Å². The van der Waals surface area contributed by atoms with Gasteiger partial charge in [0.2, 0.25) is 23.6 Å². The summed E-state index contributed by atoms with van der Waals surface area (Å²) in [5, 5.41) is 26.0. The average molecular weight is 480 g/mol. The summed E-state index contributed by atoms with van der Waals surface area (Å²) in [6.45, 7) is 3.18. The first-order chi connectivity index (χ1) is 15.9. The van der Waals surface area contributed by atoms with Crippen LogP contribution in [0.25, 0.3) is 0 Å². The third-order valence-corrected chi connectivity index (χ3v) is 4.81. The SMILES string of the molecule is CC(C)CC(NC(=O)C(N)CCC(N)=O)C(=O)NCC(=O)NC(Cc1ccc(O)cc1)C(=O)O. The van der Waals surface area contributed by atoms with Crippen LogP contribution in [-0.2, 0) is 30.4 Å². The molecule has 0 saturated heterocycles. The summed E-state index contributed by atoms with van der Waals surface area (Å²) < 4.78 is 0. The molecule has 12 nitrogen and oxygen atoms in total. The number of benzene rings is 1. The number of carbonyl (C=O) groups excluding carboxylic acids is 4. The summed E-state index contributed by atoms with van der Waals surface area (Å²) in [5.41, 5.74) is 11.4. The van der Waals surface area contributed by atoms with E-state index in [9.17, 15) is 34.2 Å². The zero-order valence-corrected chi connectivity index (χ0v) is 19.2. The molecule has 0 radical (unpaired) electrons. The van der Waals surface area contributed by atoms with E-state index in [-0.39, 0.29) is 37.4 Å². The molecular formula is C22H33N5O7. The van der Waals surface area contributed by atoms with Crippen LogP contribution in [0, 0.1) is 5.92 Å².